The molecule has 3 rings (SSSR count). The molecule has 0 aromatic heterocycles. The van der Waals surface area contributed by atoms with Gasteiger partial charge in [-0.25, -0.2) is 14.0 Å². The number of rotatable bonds is 11. The Morgan fingerprint density at radius 1 is 1.11 bits per heavy atom. The van der Waals surface area contributed by atoms with Crippen molar-refractivity contribution in [3.8, 4) is 5.75 Å². The second-order valence-electron chi connectivity index (χ2n) is 10.7. The van der Waals surface area contributed by atoms with Crippen LogP contribution >= 0.6 is 23.2 Å². The molecule has 2 aliphatic carbocycles. The first kappa shape index (κ1) is 30.0. The van der Waals surface area contributed by atoms with Crippen molar-refractivity contribution in [2.24, 2.45) is 17.6 Å². The van der Waals surface area contributed by atoms with Crippen LogP contribution in [0.3, 0.4) is 0 Å². The van der Waals surface area contributed by atoms with Crippen molar-refractivity contribution in [2.75, 3.05) is 6.61 Å². The smallest absolute Gasteiger partial charge is 0.341 e. The van der Waals surface area contributed by atoms with Gasteiger partial charge in [-0.3, -0.25) is 0 Å². The van der Waals surface area contributed by atoms with E-state index in [9.17, 15) is 14.7 Å². The number of nitrogens with two attached hydrogens (primary N) is 1. The molecule has 2 fully saturated rings. The monoisotopic (exact) mass is 559 g/mol. The molecule has 4 atom stereocenters. The van der Waals surface area contributed by atoms with Crippen LogP contribution in [-0.4, -0.2) is 41.0 Å². The Balaban J connectivity index is 2.00. The van der Waals surface area contributed by atoms with Crippen LogP contribution in [0, 0.1) is 18.8 Å². The summed E-state index contributed by atoms with van der Waals surface area (Å²) < 4.78 is 28.4. The number of ether oxygens (including phenoxy) is 2. The highest BCUT2D eigenvalue weighted by Gasteiger charge is 2.68. The van der Waals surface area contributed by atoms with Gasteiger partial charge in [-0.05, 0) is 56.6 Å². The Hall–Kier alpha value is -1.57. The highest BCUT2D eigenvalue weighted by molar-refractivity contribution is 6.43. The fraction of sp³-hybridized carbons (Fsp3) is 0.714. The Bertz CT molecular complexity index is 957. The number of esters is 1. The standard InChI is InChI=1S/C28H40Cl2FNO5/c1-3-4-5-6-10-17-36-26(35)28(32)21(37-23-18(2)13-14-20(29)22(23)30)15-16-27(31,25(33)34)24(28)19-11-8-7-9-12-19/h13-14,19,21,24H,3-12,15-17,32H2,1-2H3,(H,33,34). The summed E-state index contributed by atoms with van der Waals surface area (Å²) in [6.07, 6.45) is 7.12. The van der Waals surface area contributed by atoms with Crippen molar-refractivity contribution in [3.05, 3.63) is 27.7 Å². The van der Waals surface area contributed by atoms with Crippen molar-refractivity contribution >= 4 is 35.1 Å². The summed E-state index contributed by atoms with van der Waals surface area (Å²) in [5, 5.41) is 10.5. The summed E-state index contributed by atoms with van der Waals surface area (Å²) >= 11 is 12.7. The van der Waals surface area contributed by atoms with Gasteiger partial charge in [0.25, 0.3) is 0 Å². The zero-order valence-corrected chi connectivity index (χ0v) is 23.4. The average Bonchev–Trinajstić information content (AvgIpc) is 2.88. The minimum Gasteiger partial charge on any atom is -0.486 e. The Morgan fingerprint density at radius 2 is 1.78 bits per heavy atom. The van der Waals surface area contributed by atoms with Crippen molar-refractivity contribution in [3.63, 3.8) is 0 Å². The normalized spacial score (nSPS) is 28.6. The van der Waals surface area contributed by atoms with Gasteiger partial charge in [-0.2, -0.15) is 0 Å². The van der Waals surface area contributed by atoms with Crippen LogP contribution < -0.4 is 10.5 Å². The highest BCUT2D eigenvalue weighted by atomic mass is 35.5. The molecule has 0 heterocycles. The van der Waals surface area contributed by atoms with Crippen LogP contribution in [-0.2, 0) is 14.3 Å². The molecule has 0 radical (unpaired) electrons. The Labute approximate surface area is 229 Å². The molecule has 0 aliphatic heterocycles. The van der Waals surface area contributed by atoms with Gasteiger partial charge in [0.15, 0.2) is 5.54 Å². The van der Waals surface area contributed by atoms with E-state index in [1.807, 2.05) is 0 Å². The minimum atomic E-state index is -2.68. The van der Waals surface area contributed by atoms with Gasteiger partial charge in [-0.1, -0.05) is 81.1 Å². The van der Waals surface area contributed by atoms with Crippen molar-refractivity contribution in [2.45, 2.75) is 108 Å². The number of alkyl halides is 1. The van der Waals surface area contributed by atoms with Gasteiger partial charge in [-0.15, -0.1) is 0 Å². The highest BCUT2D eigenvalue weighted by Crippen LogP contribution is 2.52. The molecule has 0 saturated heterocycles. The maximum Gasteiger partial charge on any atom is 0.341 e. The SMILES string of the molecule is CCCCCCCOC(=O)C1(N)C(Oc2c(C)ccc(Cl)c2Cl)CCC(F)(C(=O)O)C1C1CCCCC1. The van der Waals surface area contributed by atoms with Gasteiger partial charge >= 0.3 is 11.9 Å². The third-order valence-corrected chi connectivity index (χ3v) is 8.92. The minimum absolute atomic E-state index is 0.0869. The molecular weight excluding hydrogens is 520 g/mol. The molecule has 1 aromatic rings. The molecule has 1 aromatic carbocycles. The first-order valence-corrected chi connectivity index (χ1v) is 14.3. The van der Waals surface area contributed by atoms with Crippen LogP contribution in [0.5, 0.6) is 5.75 Å². The molecule has 208 valence electrons. The number of hydrogen-bond acceptors (Lipinski definition) is 5. The molecule has 0 bridgehead atoms. The van der Waals surface area contributed by atoms with Gasteiger partial charge in [0.05, 0.1) is 11.6 Å². The van der Waals surface area contributed by atoms with Crippen LogP contribution in [0.15, 0.2) is 12.1 Å². The quantitative estimate of drug-likeness (QED) is 0.222. The van der Waals surface area contributed by atoms with Gasteiger partial charge in [0.2, 0.25) is 5.67 Å². The summed E-state index contributed by atoms with van der Waals surface area (Å²) in [6.45, 7) is 4.03. The maximum absolute atomic E-state index is 16.5. The van der Waals surface area contributed by atoms with E-state index < -0.39 is 35.2 Å². The van der Waals surface area contributed by atoms with E-state index in [1.165, 1.54) is 0 Å². The van der Waals surface area contributed by atoms with Crippen LogP contribution in [0.1, 0.15) is 89.5 Å². The number of benzene rings is 1. The lowest BCUT2D eigenvalue weighted by Crippen LogP contribution is -2.74. The molecule has 2 aliphatic rings. The zero-order valence-electron chi connectivity index (χ0n) is 21.9. The van der Waals surface area contributed by atoms with Crippen molar-refractivity contribution in [1.82, 2.24) is 0 Å². The summed E-state index contributed by atoms with van der Waals surface area (Å²) in [7, 11) is 0. The molecule has 0 amide bonds. The first-order chi connectivity index (χ1) is 17.6. The first-order valence-electron chi connectivity index (χ1n) is 13.6. The zero-order chi connectivity index (χ0) is 27.2. The van der Waals surface area contributed by atoms with Crippen LogP contribution in [0.4, 0.5) is 4.39 Å². The lowest BCUT2D eigenvalue weighted by Gasteiger charge is -2.52. The van der Waals surface area contributed by atoms with E-state index in [2.05, 4.69) is 6.92 Å². The molecular formula is C28H40Cl2FNO5. The Kier molecular flexibility index (Phi) is 10.5. The molecule has 3 N–H and O–H groups in total. The molecule has 6 nitrogen and oxygen atoms in total. The second kappa shape index (κ2) is 13.0. The van der Waals surface area contributed by atoms with E-state index in [0.717, 1.165) is 44.9 Å². The predicted molar refractivity (Wildman–Crippen MR) is 143 cm³/mol. The summed E-state index contributed by atoms with van der Waals surface area (Å²) in [6, 6.07) is 3.37. The van der Waals surface area contributed by atoms with Gasteiger partial charge in [0.1, 0.15) is 16.9 Å². The number of carbonyl (C=O) groups excluding carboxylic acids is 1. The van der Waals surface area contributed by atoms with E-state index in [-0.39, 0.29) is 41.2 Å². The summed E-state index contributed by atoms with van der Waals surface area (Å²) in [5.74, 6) is -3.85. The van der Waals surface area contributed by atoms with E-state index in [0.29, 0.717) is 24.8 Å². The molecule has 2 saturated carbocycles. The predicted octanol–water partition coefficient (Wildman–Crippen LogP) is 7.04. The number of aliphatic carboxylic acids is 1. The van der Waals surface area contributed by atoms with Gasteiger partial charge < -0.3 is 20.3 Å². The van der Waals surface area contributed by atoms with Crippen molar-refractivity contribution < 1.29 is 28.6 Å². The lowest BCUT2D eigenvalue weighted by molar-refractivity contribution is -0.185. The topological polar surface area (TPSA) is 98.9 Å². The maximum atomic E-state index is 16.5. The Morgan fingerprint density at radius 3 is 2.43 bits per heavy atom. The third-order valence-electron chi connectivity index (χ3n) is 8.13. The number of halogens is 3. The molecule has 37 heavy (non-hydrogen) atoms. The average molecular weight is 561 g/mol. The molecule has 9 heteroatoms. The second-order valence-corrected chi connectivity index (χ2v) is 11.5. The third kappa shape index (κ3) is 6.36. The largest absolute Gasteiger partial charge is 0.486 e. The van der Waals surface area contributed by atoms with Crippen LogP contribution in [0.2, 0.25) is 10.0 Å². The fourth-order valence-electron chi connectivity index (χ4n) is 6.11. The molecule has 4 unspecified atom stereocenters. The number of aryl methyl sites for hydroxylation is 1. The number of hydrogen-bond donors (Lipinski definition) is 2. The lowest BCUT2D eigenvalue weighted by atomic mass is 9.57. The summed E-state index contributed by atoms with van der Waals surface area (Å²) in [4.78, 5) is 26.1. The number of unbranched alkanes of at least 4 members (excludes halogenated alkanes) is 4. The van der Waals surface area contributed by atoms with E-state index in [1.54, 1.807) is 19.1 Å². The molecule has 0 spiro atoms. The fourth-order valence-corrected chi connectivity index (χ4v) is 6.52. The van der Waals surface area contributed by atoms with Gasteiger partial charge in [0, 0.05) is 5.92 Å². The van der Waals surface area contributed by atoms with E-state index in [4.69, 9.17) is 38.4 Å². The van der Waals surface area contributed by atoms with E-state index >= 15 is 4.39 Å². The number of carbonyl (C=O) groups is 2. The number of carboxylic acid groups (broad SMARTS) is 1. The summed E-state index contributed by atoms with van der Waals surface area (Å²) in [5.41, 5.74) is 2.88. The van der Waals surface area contributed by atoms with Crippen LogP contribution in [0.25, 0.3) is 0 Å². The van der Waals surface area contributed by atoms with Crippen molar-refractivity contribution in [1.29, 1.82) is 0 Å². The number of carboxylic acids is 1.